The molecule has 3 aromatic heterocycles. The van der Waals surface area contributed by atoms with Crippen molar-refractivity contribution in [2.75, 3.05) is 11.9 Å². The van der Waals surface area contributed by atoms with Crippen molar-refractivity contribution in [3.8, 4) is 6.07 Å². The number of anilines is 1. The number of ether oxygens (including phenoxy) is 1. The van der Waals surface area contributed by atoms with Crippen LogP contribution in [-0.4, -0.2) is 28.2 Å². The van der Waals surface area contributed by atoms with Crippen LogP contribution >= 0.6 is 22.7 Å². The lowest BCUT2D eigenvalue weighted by Crippen LogP contribution is -2.28. The first-order chi connectivity index (χ1) is 16.0. The molecule has 0 saturated carbocycles. The van der Waals surface area contributed by atoms with Crippen molar-refractivity contribution in [3.05, 3.63) is 62.7 Å². The summed E-state index contributed by atoms with van der Waals surface area (Å²) in [5, 5.41) is 17.8. The second kappa shape index (κ2) is 10.5. The number of hydrogen-bond donors (Lipinski definition) is 2. The highest BCUT2D eigenvalue weighted by molar-refractivity contribution is 7.16. The topological polar surface area (TPSA) is 109 Å². The molecule has 2 amide bonds. The maximum Gasteiger partial charge on any atom is 0.407 e. The Bertz CT molecular complexity index is 1200. The van der Waals surface area contributed by atoms with Gasteiger partial charge in [-0.25, -0.2) is 9.78 Å². The first-order valence-electron chi connectivity index (χ1n) is 10.5. The second-order valence-corrected chi connectivity index (χ2v) is 9.76. The van der Waals surface area contributed by atoms with Gasteiger partial charge >= 0.3 is 6.09 Å². The molecule has 1 aliphatic rings. The molecule has 3 aromatic rings. The first kappa shape index (κ1) is 22.8. The Hall–Kier alpha value is -3.42. The summed E-state index contributed by atoms with van der Waals surface area (Å²) in [6, 6.07) is 6.10. The molecule has 0 spiro atoms. The monoisotopic (exact) mass is 481 g/mol. The molecule has 1 unspecified atom stereocenters. The molecule has 1 atom stereocenters. The van der Waals surface area contributed by atoms with Crippen LogP contribution in [0.3, 0.4) is 0 Å². The average Bonchev–Trinajstić information content (AvgIpc) is 3.54. The molecule has 0 saturated heterocycles. The third kappa shape index (κ3) is 5.69. The summed E-state index contributed by atoms with van der Waals surface area (Å²) >= 11 is 2.98. The minimum atomic E-state index is -0.474. The lowest BCUT2D eigenvalue weighted by atomic mass is 9.88. The van der Waals surface area contributed by atoms with Crippen LogP contribution in [-0.2, 0) is 36.0 Å². The van der Waals surface area contributed by atoms with Crippen LogP contribution in [0.4, 0.5) is 9.80 Å². The Morgan fingerprint density at radius 2 is 2.33 bits per heavy atom. The van der Waals surface area contributed by atoms with E-state index in [1.54, 1.807) is 23.6 Å². The molecule has 8 nitrogen and oxygen atoms in total. The summed E-state index contributed by atoms with van der Waals surface area (Å²) in [6.45, 7) is 0.606. The van der Waals surface area contributed by atoms with Gasteiger partial charge in [-0.15, -0.1) is 22.7 Å². The standard InChI is InChI=1S/C23H23N5O3S2/c1-28-9-8-25-20(28)13-26-23(30)31-14-15-4-6-17-18(12-24)22(33-19(17)11-15)27-21(29)7-5-16-3-2-10-32-16/h2-3,5,7-10,15H,4,6,11,13-14H2,1H3,(H,26,30)(H,27,29)/b7-5+. The zero-order chi connectivity index (χ0) is 23.2. The van der Waals surface area contributed by atoms with Crippen molar-refractivity contribution in [2.24, 2.45) is 13.0 Å². The van der Waals surface area contributed by atoms with Gasteiger partial charge < -0.3 is 19.9 Å². The molecule has 0 aromatic carbocycles. The van der Waals surface area contributed by atoms with E-state index in [0.717, 1.165) is 34.0 Å². The maximum atomic E-state index is 12.3. The van der Waals surface area contributed by atoms with Gasteiger partial charge in [0.25, 0.3) is 0 Å². The predicted octanol–water partition coefficient (Wildman–Crippen LogP) is 4.10. The molecule has 1 aliphatic carbocycles. The van der Waals surface area contributed by atoms with Gasteiger partial charge in [0.2, 0.25) is 5.91 Å². The van der Waals surface area contributed by atoms with Crippen LogP contribution < -0.4 is 10.6 Å². The highest BCUT2D eigenvalue weighted by atomic mass is 32.1. The minimum absolute atomic E-state index is 0.170. The fourth-order valence-electron chi connectivity index (χ4n) is 3.66. The fourth-order valence-corrected chi connectivity index (χ4v) is 5.60. The number of carbonyl (C=O) groups is 2. The van der Waals surface area contributed by atoms with E-state index in [0.29, 0.717) is 30.1 Å². The van der Waals surface area contributed by atoms with Gasteiger partial charge in [0.15, 0.2) is 0 Å². The minimum Gasteiger partial charge on any atom is -0.449 e. The lowest BCUT2D eigenvalue weighted by Gasteiger charge is -2.21. The van der Waals surface area contributed by atoms with Crippen molar-refractivity contribution in [3.63, 3.8) is 0 Å². The second-order valence-electron chi connectivity index (χ2n) is 7.67. The van der Waals surface area contributed by atoms with Crippen LogP contribution in [0.25, 0.3) is 6.08 Å². The number of aromatic nitrogens is 2. The van der Waals surface area contributed by atoms with Crippen LogP contribution in [0.15, 0.2) is 36.0 Å². The molecule has 10 heteroatoms. The third-order valence-corrected chi connectivity index (χ3v) is 7.43. The van der Waals surface area contributed by atoms with E-state index >= 15 is 0 Å². The van der Waals surface area contributed by atoms with Gasteiger partial charge in [-0.1, -0.05) is 6.07 Å². The fraction of sp³-hybridized carbons (Fsp3) is 0.304. The Morgan fingerprint density at radius 3 is 3.06 bits per heavy atom. The molecule has 0 radical (unpaired) electrons. The largest absolute Gasteiger partial charge is 0.449 e. The number of thiophene rings is 2. The summed E-state index contributed by atoms with van der Waals surface area (Å²) in [5.41, 5.74) is 1.54. The van der Waals surface area contributed by atoms with Crippen molar-refractivity contribution >= 4 is 45.8 Å². The van der Waals surface area contributed by atoms with E-state index in [1.165, 1.54) is 17.4 Å². The van der Waals surface area contributed by atoms with E-state index in [-0.39, 0.29) is 11.8 Å². The van der Waals surface area contributed by atoms with Gasteiger partial charge in [0, 0.05) is 35.3 Å². The van der Waals surface area contributed by atoms with E-state index in [9.17, 15) is 14.9 Å². The molecule has 0 aliphatic heterocycles. The van der Waals surface area contributed by atoms with E-state index < -0.39 is 6.09 Å². The molecule has 0 bridgehead atoms. The van der Waals surface area contributed by atoms with Gasteiger partial charge in [-0.05, 0) is 48.3 Å². The average molecular weight is 482 g/mol. The van der Waals surface area contributed by atoms with Gasteiger partial charge in [0.05, 0.1) is 18.7 Å². The number of fused-ring (bicyclic) bond motifs is 1. The number of alkyl carbamates (subject to hydrolysis) is 1. The summed E-state index contributed by atoms with van der Waals surface area (Å²) in [5.74, 6) is 0.656. The Kier molecular flexibility index (Phi) is 7.22. The smallest absolute Gasteiger partial charge is 0.407 e. The number of imidazole rings is 1. The maximum absolute atomic E-state index is 12.3. The number of nitrogens with zero attached hydrogens (tertiary/aromatic N) is 3. The Morgan fingerprint density at radius 1 is 1.45 bits per heavy atom. The molecule has 2 N–H and O–H groups in total. The summed E-state index contributed by atoms with van der Waals surface area (Å²) < 4.78 is 7.24. The number of carbonyl (C=O) groups excluding carboxylic acids is 2. The first-order valence-corrected chi connectivity index (χ1v) is 12.2. The summed E-state index contributed by atoms with van der Waals surface area (Å²) in [6.07, 6.45) is 8.50. The van der Waals surface area contributed by atoms with E-state index in [4.69, 9.17) is 4.74 Å². The number of rotatable bonds is 7. The number of nitrogens with one attached hydrogen (secondary N) is 2. The van der Waals surface area contributed by atoms with Crippen molar-refractivity contribution in [2.45, 2.75) is 25.8 Å². The number of amides is 2. The van der Waals surface area contributed by atoms with Crippen LogP contribution in [0.5, 0.6) is 0 Å². The highest BCUT2D eigenvalue weighted by Crippen LogP contribution is 2.39. The Balaban J connectivity index is 1.31. The van der Waals surface area contributed by atoms with Crippen LogP contribution in [0, 0.1) is 17.2 Å². The van der Waals surface area contributed by atoms with Crippen molar-refractivity contribution in [1.29, 1.82) is 5.26 Å². The lowest BCUT2D eigenvalue weighted by molar-refractivity contribution is -0.111. The molecule has 0 fully saturated rings. The third-order valence-electron chi connectivity index (χ3n) is 5.42. The molecule has 4 rings (SSSR count). The zero-order valence-electron chi connectivity index (χ0n) is 18.0. The molecule has 3 heterocycles. The number of hydrogen-bond acceptors (Lipinski definition) is 7. The molecule has 170 valence electrons. The van der Waals surface area contributed by atoms with E-state index in [2.05, 4.69) is 21.7 Å². The van der Waals surface area contributed by atoms with Gasteiger partial charge in [-0.3, -0.25) is 4.79 Å². The number of nitriles is 1. The molecular weight excluding hydrogens is 458 g/mol. The van der Waals surface area contributed by atoms with E-state index in [1.807, 2.05) is 35.3 Å². The number of aryl methyl sites for hydroxylation is 1. The quantitative estimate of drug-likeness (QED) is 0.494. The normalized spacial score (nSPS) is 15.1. The zero-order valence-corrected chi connectivity index (χ0v) is 19.7. The van der Waals surface area contributed by atoms with Crippen LogP contribution in [0.1, 0.15) is 33.1 Å². The van der Waals surface area contributed by atoms with Gasteiger partial charge in [0.1, 0.15) is 16.9 Å². The summed E-state index contributed by atoms with van der Waals surface area (Å²) in [4.78, 5) is 30.6. The summed E-state index contributed by atoms with van der Waals surface area (Å²) in [7, 11) is 1.86. The molecular formula is C23H23N5O3S2. The highest BCUT2D eigenvalue weighted by Gasteiger charge is 2.27. The van der Waals surface area contributed by atoms with Gasteiger partial charge in [-0.2, -0.15) is 5.26 Å². The van der Waals surface area contributed by atoms with Crippen LogP contribution in [0.2, 0.25) is 0 Å². The van der Waals surface area contributed by atoms with Crippen molar-refractivity contribution < 1.29 is 14.3 Å². The molecule has 33 heavy (non-hydrogen) atoms. The Labute approximate surface area is 199 Å². The van der Waals surface area contributed by atoms with Crippen molar-refractivity contribution in [1.82, 2.24) is 14.9 Å². The predicted molar refractivity (Wildman–Crippen MR) is 128 cm³/mol. The SMILES string of the molecule is Cn1ccnc1CNC(=O)OCC1CCc2c(sc(NC(=O)/C=C/c3cccs3)c2C#N)C1.